The Labute approximate surface area is 167 Å². The summed E-state index contributed by atoms with van der Waals surface area (Å²) in [5.74, 6) is -1.97. The fourth-order valence-corrected chi connectivity index (χ4v) is 3.35. The predicted molar refractivity (Wildman–Crippen MR) is 106 cm³/mol. The highest BCUT2D eigenvalue weighted by Crippen LogP contribution is 2.33. The molecule has 0 fully saturated rings. The van der Waals surface area contributed by atoms with Crippen LogP contribution in [0.4, 0.5) is 13.2 Å². The van der Waals surface area contributed by atoms with Crippen LogP contribution in [0.15, 0.2) is 36.4 Å². The van der Waals surface area contributed by atoms with E-state index in [0.29, 0.717) is 35.2 Å². The van der Waals surface area contributed by atoms with Crippen LogP contribution >= 0.6 is 0 Å². The van der Waals surface area contributed by atoms with Crippen molar-refractivity contribution in [3.05, 3.63) is 59.4 Å². The first-order valence-electron chi connectivity index (χ1n) is 9.43. The van der Waals surface area contributed by atoms with Gasteiger partial charge in [0.15, 0.2) is 0 Å². The second-order valence-corrected chi connectivity index (χ2v) is 7.05. The summed E-state index contributed by atoms with van der Waals surface area (Å²) in [5, 5.41) is 3.26. The minimum Gasteiger partial charge on any atom is -0.385 e. The molecule has 1 heterocycles. The van der Waals surface area contributed by atoms with E-state index in [-0.39, 0.29) is 30.3 Å². The van der Waals surface area contributed by atoms with Gasteiger partial charge in [-0.2, -0.15) is 0 Å². The number of carbonyl (C=O) groups excluding carboxylic acids is 1. The largest absolute Gasteiger partial charge is 0.385 e. The molecule has 0 saturated carbocycles. The molecule has 2 aromatic carbocycles. The third kappa shape index (κ3) is 4.98. The number of ether oxygens (including phenoxy) is 1. The number of hydrogen-bond donors (Lipinski definition) is 2. The number of rotatable bonds is 8. The summed E-state index contributed by atoms with van der Waals surface area (Å²) in [4.78, 5) is 15.3. The zero-order chi connectivity index (χ0) is 21.0. The first-order chi connectivity index (χ1) is 13.9. The molecule has 3 aromatic rings. The molecule has 1 unspecified atom stereocenters. The number of fused-ring (bicyclic) bond motifs is 1. The van der Waals surface area contributed by atoms with Crippen molar-refractivity contribution in [2.45, 2.75) is 32.2 Å². The van der Waals surface area contributed by atoms with E-state index in [4.69, 9.17) is 4.74 Å². The summed E-state index contributed by atoms with van der Waals surface area (Å²) in [7, 11) is 1.60. The van der Waals surface area contributed by atoms with Crippen LogP contribution in [-0.2, 0) is 16.0 Å². The molecule has 1 aromatic heterocycles. The fraction of sp³-hybridized carbons (Fsp3) is 0.318. The Bertz CT molecular complexity index is 999. The first kappa shape index (κ1) is 20.9. The van der Waals surface area contributed by atoms with Crippen molar-refractivity contribution in [3.63, 3.8) is 0 Å². The number of halogens is 3. The maximum absolute atomic E-state index is 14.3. The quantitative estimate of drug-likeness (QED) is 0.571. The van der Waals surface area contributed by atoms with E-state index in [9.17, 15) is 18.0 Å². The van der Waals surface area contributed by atoms with Crippen LogP contribution in [0.5, 0.6) is 0 Å². The SMILES string of the molecule is COCCC(C)NC(=O)CCc1c(-c2ccc(F)cc2)[nH]c2c(F)cc(F)cc12. The minimum atomic E-state index is -0.716. The highest BCUT2D eigenvalue weighted by Gasteiger charge is 2.18. The van der Waals surface area contributed by atoms with Crippen LogP contribution in [0, 0.1) is 17.5 Å². The molecule has 0 radical (unpaired) electrons. The van der Waals surface area contributed by atoms with Gasteiger partial charge in [-0.15, -0.1) is 0 Å². The molecule has 0 spiro atoms. The molecule has 1 amide bonds. The molecule has 1 atom stereocenters. The van der Waals surface area contributed by atoms with E-state index < -0.39 is 17.5 Å². The zero-order valence-corrected chi connectivity index (χ0v) is 16.3. The summed E-state index contributed by atoms with van der Waals surface area (Å²) in [6.45, 7) is 2.43. The van der Waals surface area contributed by atoms with Gasteiger partial charge in [-0.05, 0) is 61.2 Å². The molecular weight excluding hydrogens is 381 g/mol. The van der Waals surface area contributed by atoms with E-state index in [1.54, 1.807) is 19.2 Å². The molecule has 4 nitrogen and oxygen atoms in total. The van der Waals surface area contributed by atoms with Gasteiger partial charge in [0.05, 0.1) is 5.52 Å². The van der Waals surface area contributed by atoms with Gasteiger partial charge in [0.25, 0.3) is 0 Å². The third-order valence-corrected chi connectivity index (χ3v) is 4.83. The molecule has 2 N–H and O–H groups in total. The number of carbonyl (C=O) groups is 1. The molecule has 0 saturated heterocycles. The number of benzene rings is 2. The monoisotopic (exact) mass is 404 g/mol. The van der Waals surface area contributed by atoms with Crippen molar-refractivity contribution in [2.75, 3.05) is 13.7 Å². The van der Waals surface area contributed by atoms with Crippen LogP contribution in [0.25, 0.3) is 22.2 Å². The lowest BCUT2D eigenvalue weighted by Crippen LogP contribution is -2.33. The Morgan fingerprint density at radius 2 is 1.86 bits per heavy atom. The number of aryl methyl sites for hydroxylation is 1. The number of nitrogens with one attached hydrogen (secondary N) is 2. The average molecular weight is 404 g/mol. The van der Waals surface area contributed by atoms with Crippen LogP contribution in [-0.4, -0.2) is 30.6 Å². The van der Waals surface area contributed by atoms with Crippen LogP contribution in [0.3, 0.4) is 0 Å². The van der Waals surface area contributed by atoms with Crippen molar-refractivity contribution in [3.8, 4) is 11.3 Å². The summed E-state index contributed by atoms with van der Waals surface area (Å²) >= 11 is 0. The first-order valence-corrected chi connectivity index (χ1v) is 9.43. The van der Waals surface area contributed by atoms with E-state index in [2.05, 4.69) is 10.3 Å². The van der Waals surface area contributed by atoms with Crippen molar-refractivity contribution in [1.29, 1.82) is 0 Å². The van der Waals surface area contributed by atoms with Gasteiger partial charge in [-0.25, -0.2) is 13.2 Å². The van der Waals surface area contributed by atoms with Crippen LogP contribution in [0.2, 0.25) is 0 Å². The highest BCUT2D eigenvalue weighted by molar-refractivity contribution is 5.92. The second-order valence-electron chi connectivity index (χ2n) is 7.05. The van der Waals surface area contributed by atoms with Gasteiger partial charge in [-0.1, -0.05) is 0 Å². The number of aromatic nitrogens is 1. The Morgan fingerprint density at radius 1 is 1.14 bits per heavy atom. The lowest BCUT2D eigenvalue weighted by molar-refractivity contribution is -0.121. The number of aromatic amines is 1. The van der Waals surface area contributed by atoms with Crippen LogP contribution < -0.4 is 5.32 Å². The maximum atomic E-state index is 14.3. The summed E-state index contributed by atoms with van der Waals surface area (Å²) in [5.41, 5.74) is 1.95. The molecule has 154 valence electrons. The number of methoxy groups -OCH3 is 1. The molecule has 29 heavy (non-hydrogen) atoms. The van der Waals surface area contributed by atoms with Gasteiger partial charge in [0, 0.05) is 43.3 Å². The van der Waals surface area contributed by atoms with E-state index in [0.717, 1.165) is 6.07 Å². The lowest BCUT2D eigenvalue weighted by Gasteiger charge is -2.13. The van der Waals surface area contributed by atoms with Gasteiger partial charge in [0.2, 0.25) is 5.91 Å². The molecule has 0 aliphatic heterocycles. The van der Waals surface area contributed by atoms with Crippen molar-refractivity contribution in [1.82, 2.24) is 10.3 Å². The Kier molecular flexibility index (Phi) is 6.59. The van der Waals surface area contributed by atoms with E-state index in [1.807, 2.05) is 6.92 Å². The fourth-order valence-electron chi connectivity index (χ4n) is 3.35. The van der Waals surface area contributed by atoms with Gasteiger partial charge in [0.1, 0.15) is 17.5 Å². The smallest absolute Gasteiger partial charge is 0.220 e. The normalized spacial score (nSPS) is 12.3. The van der Waals surface area contributed by atoms with Crippen molar-refractivity contribution >= 4 is 16.8 Å². The van der Waals surface area contributed by atoms with Gasteiger partial charge in [-0.3, -0.25) is 4.79 Å². The maximum Gasteiger partial charge on any atom is 0.220 e. The number of amides is 1. The average Bonchev–Trinajstić information content (AvgIpc) is 3.04. The van der Waals surface area contributed by atoms with Gasteiger partial charge >= 0.3 is 0 Å². The summed E-state index contributed by atoms with van der Waals surface area (Å²) in [6, 6.07) is 7.72. The predicted octanol–water partition coefficient (Wildman–Crippen LogP) is 4.73. The summed E-state index contributed by atoms with van der Waals surface area (Å²) < 4.78 is 46.4. The zero-order valence-electron chi connectivity index (χ0n) is 16.3. The summed E-state index contributed by atoms with van der Waals surface area (Å²) in [6.07, 6.45) is 1.11. The minimum absolute atomic E-state index is 0.0446. The van der Waals surface area contributed by atoms with Crippen LogP contribution in [0.1, 0.15) is 25.3 Å². The molecule has 3 rings (SSSR count). The van der Waals surface area contributed by atoms with E-state index >= 15 is 0 Å². The Balaban J connectivity index is 1.89. The molecule has 0 bridgehead atoms. The van der Waals surface area contributed by atoms with Crippen molar-refractivity contribution in [2.24, 2.45) is 0 Å². The standard InChI is InChI=1S/C22H23F3N2O2/c1-13(9-10-29-2)26-20(28)8-7-17-18-11-16(24)12-19(25)22(18)27-21(17)14-3-5-15(23)6-4-14/h3-6,11-13,27H,7-10H2,1-2H3,(H,26,28). The Morgan fingerprint density at radius 3 is 2.55 bits per heavy atom. The molecule has 7 heteroatoms. The lowest BCUT2D eigenvalue weighted by atomic mass is 10.0. The van der Waals surface area contributed by atoms with E-state index in [1.165, 1.54) is 18.2 Å². The molecule has 0 aliphatic rings. The Hall–Kier alpha value is -2.80. The highest BCUT2D eigenvalue weighted by atomic mass is 19.1. The second kappa shape index (κ2) is 9.13. The third-order valence-electron chi connectivity index (χ3n) is 4.83. The number of H-pyrrole nitrogens is 1. The van der Waals surface area contributed by atoms with Crippen molar-refractivity contribution < 1.29 is 22.7 Å². The molecule has 0 aliphatic carbocycles. The molecular formula is C22H23F3N2O2. The number of hydrogen-bond acceptors (Lipinski definition) is 2. The van der Waals surface area contributed by atoms with Gasteiger partial charge < -0.3 is 15.0 Å². The topological polar surface area (TPSA) is 54.1 Å².